The lowest BCUT2D eigenvalue weighted by Gasteiger charge is -2.21. The normalized spacial score (nSPS) is 20.5. The van der Waals surface area contributed by atoms with Crippen molar-refractivity contribution in [3.8, 4) is 0 Å². The highest BCUT2D eigenvalue weighted by Crippen LogP contribution is 2.21. The van der Waals surface area contributed by atoms with Crippen LogP contribution in [0, 0.1) is 11.7 Å². The third kappa shape index (κ3) is 3.32. The maximum Gasteiger partial charge on any atom is 0.222 e. The van der Waals surface area contributed by atoms with Crippen LogP contribution in [-0.2, 0) is 17.9 Å². The van der Waals surface area contributed by atoms with E-state index >= 15 is 0 Å². The fourth-order valence-corrected chi connectivity index (χ4v) is 2.46. The number of carbonyl (C=O) groups is 1. The quantitative estimate of drug-likeness (QED) is 0.911. The molecule has 1 amide bonds. The van der Waals surface area contributed by atoms with Gasteiger partial charge in [0, 0.05) is 37.2 Å². The Bertz CT molecular complexity index is 461. The predicted molar refractivity (Wildman–Crippen MR) is 72.7 cm³/mol. The Balaban J connectivity index is 2.14. The molecule has 19 heavy (non-hydrogen) atoms. The van der Waals surface area contributed by atoms with Crippen LogP contribution in [0.15, 0.2) is 18.2 Å². The van der Waals surface area contributed by atoms with E-state index in [0.29, 0.717) is 36.6 Å². The van der Waals surface area contributed by atoms with Gasteiger partial charge >= 0.3 is 0 Å². The number of benzene rings is 1. The molecule has 3 nitrogen and oxygen atoms in total. The summed E-state index contributed by atoms with van der Waals surface area (Å²) in [5.41, 5.74) is 6.57. The van der Waals surface area contributed by atoms with E-state index in [1.807, 2.05) is 0 Å². The van der Waals surface area contributed by atoms with Crippen molar-refractivity contribution < 1.29 is 9.18 Å². The second kappa shape index (κ2) is 6.15. The third-order valence-corrected chi connectivity index (χ3v) is 3.84. The predicted octanol–water partition coefficient (Wildman–Crippen LogP) is 2.43. The van der Waals surface area contributed by atoms with Crippen molar-refractivity contribution in [2.24, 2.45) is 11.7 Å². The van der Waals surface area contributed by atoms with Crippen molar-refractivity contribution in [2.75, 3.05) is 6.54 Å². The van der Waals surface area contributed by atoms with Crippen molar-refractivity contribution >= 4 is 5.91 Å². The van der Waals surface area contributed by atoms with Gasteiger partial charge in [-0.15, -0.1) is 0 Å². The van der Waals surface area contributed by atoms with E-state index in [1.54, 1.807) is 23.1 Å². The first-order valence-corrected chi connectivity index (χ1v) is 6.86. The van der Waals surface area contributed by atoms with Crippen molar-refractivity contribution in [3.63, 3.8) is 0 Å². The average molecular weight is 264 g/mol. The lowest BCUT2D eigenvalue weighted by molar-refractivity contribution is -0.131. The third-order valence-electron chi connectivity index (χ3n) is 3.84. The lowest BCUT2D eigenvalue weighted by atomic mass is 10.0. The van der Waals surface area contributed by atoms with Crippen LogP contribution in [0.2, 0.25) is 0 Å². The topological polar surface area (TPSA) is 46.3 Å². The SMILES string of the molecule is CC1CCC(=O)N(Cc2cccc(CN)c2F)CC1. The molecule has 1 saturated heterocycles. The number of likely N-dealkylation sites (tertiary alicyclic amines) is 1. The number of hydrogen-bond donors (Lipinski definition) is 1. The van der Waals surface area contributed by atoms with Gasteiger partial charge in [-0.3, -0.25) is 4.79 Å². The summed E-state index contributed by atoms with van der Waals surface area (Å²) in [5, 5.41) is 0. The average Bonchev–Trinajstić information content (AvgIpc) is 2.56. The first-order chi connectivity index (χ1) is 9.11. The molecular formula is C15H21FN2O. The van der Waals surface area contributed by atoms with Crippen LogP contribution in [0.3, 0.4) is 0 Å². The minimum atomic E-state index is -0.268. The zero-order valence-electron chi connectivity index (χ0n) is 11.4. The molecule has 0 aromatic heterocycles. The van der Waals surface area contributed by atoms with Gasteiger partial charge in [-0.25, -0.2) is 4.39 Å². The lowest BCUT2D eigenvalue weighted by Crippen LogP contribution is -2.30. The van der Waals surface area contributed by atoms with E-state index in [0.717, 1.165) is 12.8 Å². The Morgan fingerprint density at radius 1 is 1.37 bits per heavy atom. The summed E-state index contributed by atoms with van der Waals surface area (Å²) in [6.07, 6.45) is 2.49. The summed E-state index contributed by atoms with van der Waals surface area (Å²) in [5.74, 6) is 0.422. The molecule has 104 valence electrons. The molecule has 0 bridgehead atoms. The van der Waals surface area contributed by atoms with E-state index in [9.17, 15) is 9.18 Å². The van der Waals surface area contributed by atoms with Crippen LogP contribution < -0.4 is 5.73 Å². The maximum absolute atomic E-state index is 14.1. The van der Waals surface area contributed by atoms with Gasteiger partial charge in [0.15, 0.2) is 0 Å². The fourth-order valence-electron chi connectivity index (χ4n) is 2.46. The molecule has 2 N–H and O–H groups in total. The smallest absolute Gasteiger partial charge is 0.222 e. The molecule has 0 aliphatic carbocycles. The molecule has 1 heterocycles. The Hall–Kier alpha value is -1.42. The zero-order chi connectivity index (χ0) is 13.8. The second-order valence-electron chi connectivity index (χ2n) is 5.34. The highest BCUT2D eigenvalue weighted by Gasteiger charge is 2.21. The Morgan fingerprint density at radius 2 is 2.11 bits per heavy atom. The Kier molecular flexibility index (Phi) is 4.53. The minimum Gasteiger partial charge on any atom is -0.338 e. The summed E-state index contributed by atoms with van der Waals surface area (Å²) in [4.78, 5) is 13.8. The number of amides is 1. The highest BCUT2D eigenvalue weighted by molar-refractivity contribution is 5.76. The summed E-state index contributed by atoms with van der Waals surface area (Å²) in [6, 6.07) is 5.22. The minimum absolute atomic E-state index is 0.127. The molecule has 1 aromatic carbocycles. The van der Waals surface area contributed by atoms with Gasteiger partial charge in [-0.1, -0.05) is 25.1 Å². The van der Waals surface area contributed by atoms with Crippen LogP contribution in [0.25, 0.3) is 0 Å². The van der Waals surface area contributed by atoms with E-state index in [1.165, 1.54) is 0 Å². The van der Waals surface area contributed by atoms with Crippen LogP contribution >= 0.6 is 0 Å². The summed E-state index contributed by atoms with van der Waals surface area (Å²) in [6.45, 7) is 3.41. The molecule has 1 unspecified atom stereocenters. The number of hydrogen-bond acceptors (Lipinski definition) is 2. The Morgan fingerprint density at radius 3 is 2.84 bits per heavy atom. The molecule has 1 aliphatic heterocycles. The first-order valence-electron chi connectivity index (χ1n) is 6.86. The second-order valence-corrected chi connectivity index (χ2v) is 5.34. The fraction of sp³-hybridized carbons (Fsp3) is 0.533. The van der Waals surface area contributed by atoms with Gasteiger partial charge in [0.2, 0.25) is 5.91 Å². The molecule has 1 aromatic rings. The number of carbonyl (C=O) groups excluding carboxylic acids is 1. The molecule has 1 aliphatic rings. The van der Waals surface area contributed by atoms with Crippen LogP contribution in [0.1, 0.15) is 37.3 Å². The molecule has 1 atom stereocenters. The number of nitrogens with two attached hydrogens (primary N) is 1. The van der Waals surface area contributed by atoms with E-state index in [2.05, 4.69) is 6.92 Å². The molecule has 4 heteroatoms. The summed E-state index contributed by atoms with van der Waals surface area (Å²) < 4.78 is 14.1. The van der Waals surface area contributed by atoms with Crippen molar-refractivity contribution in [2.45, 2.75) is 39.3 Å². The number of rotatable bonds is 3. The van der Waals surface area contributed by atoms with Crippen molar-refractivity contribution in [3.05, 3.63) is 35.1 Å². The van der Waals surface area contributed by atoms with Gasteiger partial charge in [-0.05, 0) is 18.8 Å². The monoisotopic (exact) mass is 264 g/mol. The molecule has 0 saturated carbocycles. The molecule has 2 rings (SSSR count). The first kappa shape index (κ1) is 14.0. The molecule has 0 spiro atoms. The summed E-state index contributed by atoms with van der Waals surface area (Å²) in [7, 11) is 0. The molecule has 1 fully saturated rings. The number of halogens is 1. The molecule has 0 radical (unpaired) electrons. The number of nitrogens with zero attached hydrogens (tertiary/aromatic N) is 1. The van der Waals surface area contributed by atoms with Gasteiger partial charge in [0.05, 0.1) is 0 Å². The highest BCUT2D eigenvalue weighted by atomic mass is 19.1. The Labute approximate surface area is 113 Å². The largest absolute Gasteiger partial charge is 0.338 e. The zero-order valence-corrected chi connectivity index (χ0v) is 11.4. The summed E-state index contributed by atoms with van der Waals surface area (Å²) >= 11 is 0. The van der Waals surface area contributed by atoms with Crippen molar-refractivity contribution in [1.82, 2.24) is 4.90 Å². The van der Waals surface area contributed by atoms with Crippen molar-refractivity contribution in [1.29, 1.82) is 0 Å². The van der Waals surface area contributed by atoms with Crippen LogP contribution in [0.4, 0.5) is 4.39 Å². The maximum atomic E-state index is 14.1. The van der Waals surface area contributed by atoms with Gasteiger partial charge in [0.1, 0.15) is 5.82 Å². The van der Waals surface area contributed by atoms with Gasteiger partial charge in [0.25, 0.3) is 0 Å². The van der Waals surface area contributed by atoms with Crippen LogP contribution in [0.5, 0.6) is 0 Å². The van der Waals surface area contributed by atoms with Gasteiger partial charge < -0.3 is 10.6 Å². The van der Waals surface area contributed by atoms with E-state index < -0.39 is 0 Å². The standard InChI is InChI=1S/C15H21FN2O/c1-11-5-6-14(19)18(8-7-11)10-13-4-2-3-12(9-17)15(13)16/h2-4,11H,5-10,17H2,1H3. The van der Waals surface area contributed by atoms with E-state index in [4.69, 9.17) is 5.73 Å². The van der Waals surface area contributed by atoms with E-state index in [-0.39, 0.29) is 18.3 Å². The van der Waals surface area contributed by atoms with Gasteiger partial charge in [-0.2, -0.15) is 0 Å². The molecular weight excluding hydrogens is 243 g/mol. The van der Waals surface area contributed by atoms with Crippen LogP contribution in [-0.4, -0.2) is 17.4 Å².